The van der Waals surface area contributed by atoms with Gasteiger partial charge in [-0.2, -0.15) is 13.2 Å². The van der Waals surface area contributed by atoms with Crippen LogP contribution in [0.2, 0.25) is 0 Å². The molecule has 0 aliphatic carbocycles. The van der Waals surface area contributed by atoms with Gasteiger partial charge in [0.15, 0.2) is 0 Å². The number of rotatable bonds is 3. The lowest BCUT2D eigenvalue weighted by Crippen LogP contribution is -2.07. The van der Waals surface area contributed by atoms with Gasteiger partial charge < -0.3 is 4.98 Å². The molecule has 1 heterocycles. The summed E-state index contributed by atoms with van der Waals surface area (Å²) in [6.45, 7) is 0. The molecule has 1 unspecified atom stereocenters. The second-order valence-electron chi connectivity index (χ2n) is 4.64. The molecule has 2 aromatic carbocycles. The third kappa shape index (κ3) is 2.85. The van der Waals surface area contributed by atoms with Crippen molar-refractivity contribution >= 4 is 27.6 Å². The van der Waals surface area contributed by atoms with Crippen molar-refractivity contribution in [3.63, 3.8) is 0 Å². The van der Waals surface area contributed by atoms with Crippen molar-refractivity contribution in [3.8, 4) is 0 Å². The van der Waals surface area contributed by atoms with Crippen LogP contribution in [0, 0.1) is 0 Å². The minimum Gasteiger partial charge on any atom is -0.359 e. The van der Waals surface area contributed by atoms with Gasteiger partial charge in [-0.15, -0.1) is 0 Å². The number of benzene rings is 2. The summed E-state index contributed by atoms with van der Waals surface area (Å²) < 4.78 is 52.5. The van der Waals surface area contributed by atoms with E-state index in [-0.39, 0.29) is 4.90 Å². The fraction of sp³-hybridized carbons (Fsp3) is 0.0667. The summed E-state index contributed by atoms with van der Waals surface area (Å²) in [5, 5.41) is 0.864. The van der Waals surface area contributed by atoms with Crippen molar-refractivity contribution in [1.82, 2.24) is 4.98 Å². The molecule has 3 nitrogen and oxygen atoms in total. The van der Waals surface area contributed by atoms with Crippen molar-refractivity contribution in [1.29, 1.82) is 0 Å². The molecule has 3 aromatic rings. The van der Waals surface area contributed by atoms with Crippen LogP contribution in [0.25, 0.3) is 10.9 Å². The monoisotopic (exact) mass is 324 g/mol. The van der Waals surface area contributed by atoms with Crippen molar-refractivity contribution in [2.75, 3.05) is 4.72 Å². The van der Waals surface area contributed by atoms with Gasteiger partial charge >= 0.3 is 6.18 Å². The maximum atomic E-state index is 12.5. The molecular weight excluding hydrogens is 313 g/mol. The maximum Gasteiger partial charge on any atom is 0.416 e. The Bertz CT molecular complexity index is 825. The number of nitrogens with one attached hydrogen (secondary N) is 2. The first kappa shape index (κ1) is 14.6. The van der Waals surface area contributed by atoms with Crippen molar-refractivity contribution in [2.24, 2.45) is 0 Å². The molecule has 0 amide bonds. The summed E-state index contributed by atoms with van der Waals surface area (Å²) in [5.41, 5.74) is 0.753. The molecule has 1 aromatic heterocycles. The molecule has 0 aliphatic rings. The van der Waals surface area contributed by atoms with E-state index in [9.17, 15) is 17.4 Å². The van der Waals surface area contributed by atoms with E-state index >= 15 is 0 Å². The molecule has 0 saturated carbocycles. The summed E-state index contributed by atoms with van der Waals surface area (Å²) in [7, 11) is -1.64. The Morgan fingerprint density at radius 1 is 1.00 bits per heavy atom. The number of anilines is 1. The Kier molecular flexibility index (Phi) is 3.66. The third-order valence-electron chi connectivity index (χ3n) is 3.19. The van der Waals surface area contributed by atoms with Crippen LogP contribution in [0.3, 0.4) is 0 Å². The molecule has 0 saturated heterocycles. The molecule has 0 fully saturated rings. The maximum absolute atomic E-state index is 12.5. The Morgan fingerprint density at radius 3 is 2.36 bits per heavy atom. The largest absolute Gasteiger partial charge is 0.416 e. The quantitative estimate of drug-likeness (QED) is 0.740. The van der Waals surface area contributed by atoms with Gasteiger partial charge in [-0.25, -0.2) is 4.21 Å². The number of halogens is 3. The van der Waals surface area contributed by atoms with Crippen molar-refractivity contribution < 1.29 is 17.4 Å². The molecule has 3 rings (SSSR count). The zero-order valence-electron chi connectivity index (χ0n) is 11.1. The van der Waals surface area contributed by atoms with Crippen molar-refractivity contribution in [2.45, 2.75) is 11.1 Å². The van der Waals surface area contributed by atoms with E-state index in [1.165, 1.54) is 12.1 Å². The average molecular weight is 324 g/mol. The molecule has 22 heavy (non-hydrogen) atoms. The highest BCUT2D eigenvalue weighted by Crippen LogP contribution is 2.30. The summed E-state index contributed by atoms with van der Waals surface area (Å²) in [6, 6.07) is 11.7. The van der Waals surface area contributed by atoms with E-state index in [0.29, 0.717) is 5.69 Å². The molecular formula is C15H11F3N2OS. The lowest BCUT2D eigenvalue weighted by Gasteiger charge is -2.08. The van der Waals surface area contributed by atoms with Gasteiger partial charge in [0.2, 0.25) is 0 Å². The van der Waals surface area contributed by atoms with Gasteiger partial charge in [0, 0.05) is 17.1 Å². The van der Waals surface area contributed by atoms with Crippen LogP contribution in [0.5, 0.6) is 0 Å². The molecule has 0 bridgehead atoms. The van der Waals surface area contributed by atoms with Crippen molar-refractivity contribution in [3.05, 3.63) is 60.3 Å². The number of para-hydroxylation sites is 1. The van der Waals surface area contributed by atoms with Crippen LogP contribution < -0.4 is 4.72 Å². The second kappa shape index (κ2) is 5.49. The number of fused-ring (bicyclic) bond motifs is 1. The Balaban J connectivity index is 1.83. The molecule has 0 aliphatic heterocycles. The van der Waals surface area contributed by atoms with Crippen LogP contribution in [0.15, 0.2) is 59.6 Å². The number of hydrogen-bond donors (Lipinski definition) is 2. The predicted molar refractivity (Wildman–Crippen MR) is 79.8 cm³/mol. The Morgan fingerprint density at radius 2 is 1.68 bits per heavy atom. The van der Waals surface area contributed by atoms with Gasteiger partial charge in [-0.05, 0) is 30.3 Å². The van der Waals surface area contributed by atoms with E-state index in [1.54, 1.807) is 6.20 Å². The summed E-state index contributed by atoms with van der Waals surface area (Å²) in [6.07, 6.45) is -2.73. The average Bonchev–Trinajstić information content (AvgIpc) is 2.90. The Labute approximate surface area is 126 Å². The number of hydrogen-bond acceptors (Lipinski definition) is 1. The number of H-pyrrole nitrogens is 1. The molecule has 1 atom stereocenters. The molecule has 0 spiro atoms. The van der Waals surface area contributed by atoms with Gasteiger partial charge in [-0.3, -0.25) is 4.72 Å². The molecule has 114 valence electrons. The van der Waals surface area contributed by atoms with Crippen LogP contribution >= 0.6 is 0 Å². The van der Waals surface area contributed by atoms with Gasteiger partial charge in [0.05, 0.1) is 16.1 Å². The summed E-state index contributed by atoms with van der Waals surface area (Å²) in [5.74, 6) is 0. The predicted octanol–water partition coefficient (Wildman–Crippen LogP) is 4.32. The first-order valence-electron chi connectivity index (χ1n) is 6.37. The fourth-order valence-corrected chi connectivity index (χ4v) is 2.95. The fourth-order valence-electron chi connectivity index (χ4n) is 2.08. The molecule has 7 heteroatoms. The van der Waals surface area contributed by atoms with E-state index in [2.05, 4.69) is 9.71 Å². The van der Waals surface area contributed by atoms with Gasteiger partial charge in [0.25, 0.3) is 0 Å². The van der Waals surface area contributed by atoms with E-state index < -0.39 is 22.7 Å². The minimum atomic E-state index is -4.40. The minimum absolute atomic E-state index is 0.276. The smallest absolute Gasteiger partial charge is 0.359 e. The van der Waals surface area contributed by atoms with E-state index in [1.807, 2.05) is 24.3 Å². The third-order valence-corrected chi connectivity index (χ3v) is 4.29. The number of aromatic amines is 1. The SMILES string of the molecule is O=S(Nc1c[nH]c2ccccc12)c1ccc(C(F)(F)F)cc1. The van der Waals surface area contributed by atoms with Crippen LogP contribution in [0.1, 0.15) is 5.56 Å². The number of aromatic nitrogens is 1. The Hall–Kier alpha value is -2.28. The standard InChI is InChI=1S/C15H11F3N2OS/c16-15(17,18)10-5-7-11(8-6-10)22(21)20-14-9-19-13-4-2-1-3-12(13)14/h1-9,19-20H. The van der Waals surface area contributed by atoms with E-state index in [4.69, 9.17) is 0 Å². The number of alkyl halides is 3. The van der Waals surface area contributed by atoms with E-state index in [0.717, 1.165) is 23.0 Å². The molecule has 2 N–H and O–H groups in total. The highest BCUT2D eigenvalue weighted by atomic mass is 32.2. The lowest BCUT2D eigenvalue weighted by molar-refractivity contribution is -0.137. The zero-order valence-corrected chi connectivity index (χ0v) is 12.0. The topological polar surface area (TPSA) is 44.9 Å². The highest BCUT2D eigenvalue weighted by molar-refractivity contribution is 7.86. The van der Waals surface area contributed by atoms with Gasteiger partial charge in [-0.1, -0.05) is 18.2 Å². The lowest BCUT2D eigenvalue weighted by atomic mass is 10.2. The zero-order chi connectivity index (χ0) is 15.7. The summed E-state index contributed by atoms with van der Waals surface area (Å²) in [4.78, 5) is 3.30. The summed E-state index contributed by atoms with van der Waals surface area (Å²) >= 11 is 0. The second-order valence-corrected chi connectivity index (χ2v) is 5.85. The first-order chi connectivity index (χ1) is 10.4. The van der Waals surface area contributed by atoms with Crippen LogP contribution in [-0.2, 0) is 17.2 Å². The van der Waals surface area contributed by atoms with Crippen LogP contribution in [0.4, 0.5) is 18.9 Å². The van der Waals surface area contributed by atoms with Crippen LogP contribution in [-0.4, -0.2) is 9.19 Å². The normalized spacial score (nSPS) is 13.2. The highest BCUT2D eigenvalue weighted by Gasteiger charge is 2.30. The first-order valence-corrected chi connectivity index (χ1v) is 7.52. The molecule has 0 radical (unpaired) electrons. The van der Waals surface area contributed by atoms with Gasteiger partial charge in [0.1, 0.15) is 11.0 Å².